The third kappa shape index (κ3) is 6.12. The van der Waals surface area contributed by atoms with Gasteiger partial charge in [0.05, 0.1) is 0 Å². The topological polar surface area (TPSA) is 71.1 Å². The Balaban J connectivity index is 2.47. The maximum Gasteiger partial charge on any atom is 0.251 e. The van der Waals surface area contributed by atoms with E-state index in [2.05, 4.69) is 15.6 Å². The molecule has 0 spiro atoms. The highest BCUT2D eigenvalue weighted by Gasteiger charge is 2.10. The monoisotopic (exact) mass is 311 g/mol. The zero-order valence-corrected chi connectivity index (χ0v) is 13.5. The Morgan fingerprint density at radius 3 is 2.67 bits per heavy atom. The third-order valence-electron chi connectivity index (χ3n) is 3.13. The number of hydrogen-bond acceptors (Lipinski definition) is 3. The van der Waals surface area contributed by atoms with E-state index in [4.69, 9.17) is 11.6 Å². The summed E-state index contributed by atoms with van der Waals surface area (Å²) in [6.07, 6.45) is 1.85. The number of pyridine rings is 1. The highest BCUT2D eigenvalue weighted by Crippen LogP contribution is 2.11. The molecule has 1 aromatic heterocycles. The van der Waals surface area contributed by atoms with Crippen LogP contribution in [0.4, 0.5) is 0 Å². The molecule has 1 aromatic rings. The van der Waals surface area contributed by atoms with Crippen LogP contribution in [0, 0.1) is 0 Å². The van der Waals surface area contributed by atoms with E-state index in [1.807, 2.05) is 20.8 Å². The fourth-order valence-electron chi connectivity index (χ4n) is 1.70. The number of nitrogens with one attached hydrogen (secondary N) is 2. The number of rotatable bonds is 7. The van der Waals surface area contributed by atoms with Crippen LogP contribution in [0.25, 0.3) is 0 Å². The Kier molecular flexibility index (Phi) is 7.15. The summed E-state index contributed by atoms with van der Waals surface area (Å²) < 4.78 is 0. The van der Waals surface area contributed by atoms with Crippen molar-refractivity contribution in [1.29, 1.82) is 0 Å². The van der Waals surface area contributed by atoms with Crippen molar-refractivity contribution in [2.24, 2.45) is 0 Å². The number of hydrogen-bond donors (Lipinski definition) is 2. The molecule has 116 valence electrons. The van der Waals surface area contributed by atoms with Crippen molar-refractivity contribution in [2.45, 2.75) is 46.1 Å². The first-order chi connectivity index (χ1) is 9.96. The lowest BCUT2D eigenvalue weighted by atomic mass is 10.2. The lowest BCUT2D eigenvalue weighted by Crippen LogP contribution is -2.35. The molecule has 0 aliphatic heterocycles. The number of aromatic nitrogens is 1. The van der Waals surface area contributed by atoms with Crippen LogP contribution in [0.2, 0.25) is 5.15 Å². The number of nitrogens with zero attached hydrogens (tertiary/aromatic N) is 1. The zero-order valence-electron chi connectivity index (χ0n) is 12.7. The van der Waals surface area contributed by atoms with Gasteiger partial charge in [-0.2, -0.15) is 0 Å². The molecule has 2 N–H and O–H groups in total. The number of amides is 2. The quantitative estimate of drug-likeness (QED) is 0.759. The van der Waals surface area contributed by atoms with Crippen LogP contribution in [0.15, 0.2) is 12.1 Å². The largest absolute Gasteiger partial charge is 0.354 e. The van der Waals surface area contributed by atoms with Crippen molar-refractivity contribution >= 4 is 23.4 Å². The van der Waals surface area contributed by atoms with Gasteiger partial charge in [0.15, 0.2) is 0 Å². The number of carbonyl (C=O) groups is 2. The SMILES string of the molecule is CCc1cc(C(=O)NCCC(=O)NC(C)CC)cc(Cl)n1. The molecule has 1 unspecified atom stereocenters. The van der Waals surface area contributed by atoms with Gasteiger partial charge in [0.25, 0.3) is 5.91 Å². The van der Waals surface area contributed by atoms with Gasteiger partial charge in [-0.15, -0.1) is 0 Å². The summed E-state index contributed by atoms with van der Waals surface area (Å²) in [6, 6.07) is 3.38. The maximum atomic E-state index is 12.0. The Hall–Kier alpha value is -1.62. The van der Waals surface area contributed by atoms with E-state index >= 15 is 0 Å². The lowest BCUT2D eigenvalue weighted by Gasteiger charge is -2.11. The summed E-state index contributed by atoms with van der Waals surface area (Å²) in [5, 5.41) is 5.86. The Morgan fingerprint density at radius 1 is 1.33 bits per heavy atom. The first-order valence-corrected chi connectivity index (χ1v) is 7.58. The first kappa shape index (κ1) is 17.4. The standard InChI is InChI=1S/C15H22ClN3O2/c1-4-10(3)18-14(20)6-7-17-15(21)11-8-12(5-2)19-13(16)9-11/h8-10H,4-7H2,1-3H3,(H,17,21)(H,18,20). The van der Waals surface area contributed by atoms with Crippen LogP contribution < -0.4 is 10.6 Å². The van der Waals surface area contributed by atoms with Crippen molar-refractivity contribution in [3.8, 4) is 0 Å². The predicted octanol–water partition coefficient (Wildman–Crippen LogP) is 2.33. The molecule has 0 saturated heterocycles. The maximum absolute atomic E-state index is 12.0. The molecule has 0 aliphatic rings. The van der Waals surface area contributed by atoms with Crippen LogP contribution in [-0.2, 0) is 11.2 Å². The van der Waals surface area contributed by atoms with E-state index in [0.29, 0.717) is 23.7 Å². The molecule has 21 heavy (non-hydrogen) atoms. The molecule has 1 heterocycles. The number of carbonyl (C=O) groups excluding carboxylic acids is 2. The number of aryl methyl sites for hydroxylation is 1. The van der Waals surface area contributed by atoms with Crippen molar-refractivity contribution in [3.63, 3.8) is 0 Å². The lowest BCUT2D eigenvalue weighted by molar-refractivity contribution is -0.121. The first-order valence-electron chi connectivity index (χ1n) is 7.20. The summed E-state index contributed by atoms with van der Waals surface area (Å²) in [5.74, 6) is -0.308. The summed E-state index contributed by atoms with van der Waals surface area (Å²) in [7, 11) is 0. The number of halogens is 1. The third-order valence-corrected chi connectivity index (χ3v) is 3.32. The van der Waals surface area contributed by atoms with Gasteiger partial charge in [0.2, 0.25) is 5.91 Å². The van der Waals surface area contributed by atoms with E-state index in [-0.39, 0.29) is 24.3 Å². The second kappa shape index (κ2) is 8.62. The van der Waals surface area contributed by atoms with Crippen molar-refractivity contribution in [3.05, 3.63) is 28.5 Å². The van der Waals surface area contributed by atoms with E-state index in [0.717, 1.165) is 12.1 Å². The molecule has 0 aliphatic carbocycles. The predicted molar refractivity (Wildman–Crippen MR) is 83.5 cm³/mol. The van der Waals surface area contributed by atoms with Gasteiger partial charge in [-0.05, 0) is 31.9 Å². The minimum absolute atomic E-state index is 0.0633. The molecule has 6 heteroatoms. The van der Waals surface area contributed by atoms with Crippen LogP contribution in [0.5, 0.6) is 0 Å². The summed E-state index contributed by atoms with van der Waals surface area (Å²) in [4.78, 5) is 27.7. The highest BCUT2D eigenvalue weighted by molar-refractivity contribution is 6.29. The molecule has 1 atom stereocenters. The molecular formula is C15H22ClN3O2. The summed E-state index contributed by atoms with van der Waals surface area (Å²) in [6.45, 7) is 6.19. The van der Waals surface area contributed by atoms with Gasteiger partial charge >= 0.3 is 0 Å². The van der Waals surface area contributed by atoms with Gasteiger partial charge in [-0.1, -0.05) is 25.4 Å². The molecule has 0 fully saturated rings. The van der Waals surface area contributed by atoms with E-state index in [1.165, 1.54) is 6.07 Å². The fraction of sp³-hybridized carbons (Fsp3) is 0.533. The van der Waals surface area contributed by atoms with Crippen LogP contribution >= 0.6 is 11.6 Å². The van der Waals surface area contributed by atoms with Gasteiger partial charge in [0.1, 0.15) is 5.15 Å². The van der Waals surface area contributed by atoms with Crippen LogP contribution in [0.3, 0.4) is 0 Å². The molecule has 0 radical (unpaired) electrons. The highest BCUT2D eigenvalue weighted by atomic mass is 35.5. The molecule has 0 bridgehead atoms. The molecule has 2 amide bonds. The average Bonchev–Trinajstić information content (AvgIpc) is 2.46. The Morgan fingerprint density at radius 2 is 2.05 bits per heavy atom. The van der Waals surface area contributed by atoms with Gasteiger partial charge < -0.3 is 10.6 Å². The minimum Gasteiger partial charge on any atom is -0.354 e. The molecule has 1 rings (SSSR count). The van der Waals surface area contributed by atoms with Gasteiger partial charge in [0, 0.05) is 30.3 Å². The smallest absolute Gasteiger partial charge is 0.251 e. The molecular weight excluding hydrogens is 290 g/mol. The fourth-order valence-corrected chi connectivity index (χ4v) is 1.93. The van der Waals surface area contributed by atoms with Crippen molar-refractivity contribution in [1.82, 2.24) is 15.6 Å². The van der Waals surface area contributed by atoms with E-state index in [9.17, 15) is 9.59 Å². The summed E-state index contributed by atoms with van der Waals surface area (Å²) in [5.41, 5.74) is 1.23. The Labute approximate surface area is 130 Å². The second-order valence-corrected chi connectivity index (χ2v) is 5.29. The van der Waals surface area contributed by atoms with Gasteiger partial charge in [-0.3, -0.25) is 9.59 Å². The average molecular weight is 312 g/mol. The molecule has 0 saturated carbocycles. The summed E-state index contributed by atoms with van der Waals surface area (Å²) >= 11 is 5.88. The van der Waals surface area contributed by atoms with Crippen molar-refractivity contribution in [2.75, 3.05) is 6.54 Å². The second-order valence-electron chi connectivity index (χ2n) is 4.91. The van der Waals surface area contributed by atoms with E-state index < -0.39 is 0 Å². The van der Waals surface area contributed by atoms with Crippen molar-refractivity contribution < 1.29 is 9.59 Å². The van der Waals surface area contributed by atoms with Crippen LogP contribution in [0.1, 0.15) is 49.7 Å². The minimum atomic E-state index is -0.245. The van der Waals surface area contributed by atoms with E-state index in [1.54, 1.807) is 6.07 Å². The molecule has 5 nitrogen and oxygen atoms in total. The normalized spacial score (nSPS) is 11.8. The van der Waals surface area contributed by atoms with Gasteiger partial charge in [-0.25, -0.2) is 4.98 Å². The van der Waals surface area contributed by atoms with Crippen LogP contribution in [-0.4, -0.2) is 29.4 Å². The Bertz CT molecular complexity index is 506. The molecule has 0 aromatic carbocycles. The zero-order chi connectivity index (χ0) is 15.8.